The molecule has 5 heteroatoms. The Bertz CT molecular complexity index is 2640. The number of phenols is 1. The van der Waals surface area contributed by atoms with E-state index in [0.29, 0.717) is 5.52 Å². The Kier molecular flexibility index (Phi) is 7.03. The monoisotopic (exact) mass is 656 g/mol. The van der Waals surface area contributed by atoms with E-state index in [1.165, 1.54) is 33.0 Å². The summed E-state index contributed by atoms with van der Waals surface area (Å²) in [4.78, 5) is 14.3. The normalized spacial score (nSPS) is 12.6. The van der Waals surface area contributed by atoms with Crippen LogP contribution in [0.5, 0.6) is 5.75 Å². The maximum Gasteiger partial charge on any atom is 0.143 e. The van der Waals surface area contributed by atoms with Gasteiger partial charge in [-0.3, -0.25) is 0 Å². The number of nitrogens with zero attached hydrogens (tertiary/aromatic N) is 3. The number of aryl methyl sites for hydroxylation is 3. The molecule has 5 aromatic carbocycles. The fraction of sp³-hybridized carbons (Fsp3) is 0.244. The molecule has 0 aliphatic heterocycles. The number of hydrogen-bond acceptors (Lipinski definition) is 3. The summed E-state index contributed by atoms with van der Waals surface area (Å²) in [6.07, 6.45) is 0. The lowest BCUT2D eigenvalue weighted by molar-refractivity contribution is 0.480. The fourth-order valence-corrected chi connectivity index (χ4v) is 7.48. The topological polar surface area (TPSA) is 66.7 Å². The van der Waals surface area contributed by atoms with E-state index in [9.17, 15) is 5.11 Å². The first-order chi connectivity index (χ1) is 23.7. The highest BCUT2D eigenvalue weighted by Crippen LogP contribution is 2.42. The fourth-order valence-electron chi connectivity index (χ4n) is 7.48. The maximum absolute atomic E-state index is 11.1. The van der Waals surface area contributed by atoms with Crippen molar-refractivity contribution in [1.82, 2.24) is 19.5 Å². The van der Waals surface area contributed by atoms with Gasteiger partial charge in [0.1, 0.15) is 17.1 Å². The van der Waals surface area contributed by atoms with E-state index < -0.39 is 0 Å². The number of aromatic nitrogens is 4. The van der Waals surface area contributed by atoms with Crippen LogP contribution in [0.3, 0.4) is 0 Å². The van der Waals surface area contributed by atoms with Gasteiger partial charge in [-0.15, -0.1) is 0 Å². The Hall–Kier alpha value is -5.42. The summed E-state index contributed by atoms with van der Waals surface area (Å²) in [5.41, 5.74) is 14.5. The average Bonchev–Trinajstić information content (AvgIpc) is 3.60. The number of para-hydroxylation sites is 2. The highest BCUT2D eigenvalue weighted by atomic mass is 16.3. The van der Waals surface area contributed by atoms with Crippen molar-refractivity contribution in [2.75, 3.05) is 0 Å². The first-order valence-corrected chi connectivity index (χ1v) is 17.5. The quantitative estimate of drug-likeness (QED) is 0.199. The Labute approximate surface area is 293 Å². The molecule has 8 aromatic rings. The van der Waals surface area contributed by atoms with Gasteiger partial charge in [0.25, 0.3) is 0 Å². The zero-order chi connectivity index (χ0) is 35.3. The van der Waals surface area contributed by atoms with Gasteiger partial charge >= 0.3 is 0 Å². The highest BCUT2D eigenvalue weighted by Gasteiger charge is 2.24. The predicted molar refractivity (Wildman–Crippen MR) is 210 cm³/mol. The molecule has 0 aliphatic carbocycles. The molecule has 8 rings (SSSR count). The van der Waals surface area contributed by atoms with E-state index in [0.717, 1.165) is 61.2 Å². The van der Waals surface area contributed by atoms with Crippen molar-refractivity contribution in [3.63, 3.8) is 0 Å². The number of pyridine rings is 1. The first kappa shape index (κ1) is 31.8. The Morgan fingerprint density at radius 3 is 2.04 bits per heavy atom. The van der Waals surface area contributed by atoms with Gasteiger partial charge < -0.3 is 14.7 Å². The molecule has 3 heterocycles. The van der Waals surface area contributed by atoms with Crippen LogP contribution in [0.25, 0.3) is 77.5 Å². The van der Waals surface area contributed by atoms with Gasteiger partial charge in [-0.05, 0) is 89.4 Å². The number of hydrogen-bond donors (Lipinski definition) is 2. The van der Waals surface area contributed by atoms with Gasteiger partial charge in [0, 0.05) is 39.8 Å². The van der Waals surface area contributed by atoms with Gasteiger partial charge in [-0.2, -0.15) is 0 Å². The molecule has 3 aromatic heterocycles. The number of benzene rings is 5. The number of rotatable bonds is 3. The summed E-state index contributed by atoms with van der Waals surface area (Å²) in [5, 5.41) is 14.4. The SMILES string of the molecule is Cc1cc(C)cc(-c2cc(-c3cccc4c3nc(-c3cc(C(C)(C)C)cc5c3[nH]c3ccc(C(C)(C)C)cc35)n4C)nc3c(O)cccc23)c1. The van der Waals surface area contributed by atoms with Crippen molar-refractivity contribution >= 4 is 43.7 Å². The molecule has 50 heavy (non-hydrogen) atoms. The number of H-pyrrole nitrogens is 1. The largest absolute Gasteiger partial charge is 0.506 e. The van der Waals surface area contributed by atoms with Crippen LogP contribution in [0, 0.1) is 13.8 Å². The first-order valence-electron chi connectivity index (χ1n) is 17.5. The van der Waals surface area contributed by atoms with Crippen LogP contribution >= 0.6 is 0 Å². The summed E-state index contributed by atoms with van der Waals surface area (Å²) >= 11 is 0. The number of aromatic hydroxyl groups is 1. The lowest BCUT2D eigenvalue weighted by atomic mass is 9.84. The molecule has 2 N–H and O–H groups in total. The molecule has 250 valence electrons. The van der Waals surface area contributed by atoms with Gasteiger partial charge in [0.15, 0.2) is 0 Å². The predicted octanol–water partition coefficient (Wildman–Crippen LogP) is 11.7. The Morgan fingerprint density at radius 2 is 1.32 bits per heavy atom. The van der Waals surface area contributed by atoms with Crippen molar-refractivity contribution in [2.45, 2.75) is 66.2 Å². The van der Waals surface area contributed by atoms with Gasteiger partial charge in [-0.1, -0.05) is 101 Å². The molecule has 0 saturated heterocycles. The summed E-state index contributed by atoms with van der Waals surface area (Å²) in [5.74, 6) is 1.06. The second kappa shape index (κ2) is 11.0. The van der Waals surface area contributed by atoms with E-state index in [1.54, 1.807) is 6.07 Å². The molecule has 0 fully saturated rings. The maximum atomic E-state index is 11.1. The van der Waals surface area contributed by atoms with Crippen LogP contribution in [0.15, 0.2) is 91.0 Å². The number of phenolic OH excluding ortho intramolecular Hbond substituents is 1. The Morgan fingerprint density at radius 1 is 0.620 bits per heavy atom. The molecule has 0 amide bonds. The highest BCUT2D eigenvalue weighted by molar-refractivity contribution is 6.12. The smallest absolute Gasteiger partial charge is 0.143 e. The molecule has 0 saturated carbocycles. The molecular weight excluding hydrogens is 613 g/mol. The summed E-state index contributed by atoms with van der Waals surface area (Å²) in [7, 11) is 2.10. The van der Waals surface area contributed by atoms with E-state index in [4.69, 9.17) is 9.97 Å². The zero-order valence-corrected chi connectivity index (χ0v) is 30.4. The van der Waals surface area contributed by atoms with Crippen molar-refractivity contribution in [3.8, 4) is 39.5 Å². The standard InChI is InChI=1S/C45H44N4O/c1-25-18-26(2)20-27(19-25)32-24-37(47-42-30(32)12-11-15-39(42)50)31-13-10-14-38-41(31)48-43(49(38)9)35-23-29(45(6,7)8)22-34-33-21-28(44(3,4)5)16-17-36(33)46-40(34)35/h10-24,46,50H,1-9H3. The van der Waals surface area contributed by atoms with E-state index in [1.807, 2.05) is 12.1 Å². The van der Waals surface area contributed by atoms with Gasteiger partial charge in [0.2, 0.25) is 0 Å². The molecule has 0 aliphatic rings. The van der Waals surface area contributed by atoms with Crippen LogP contribution in [-0.2, 0) is 17.9 Å². The van der Waals surface area contributed by atoms with Crippen LogP contribution in [0.4, 0.5) is 0 Å². The second-order valence-corrected chi connectivity index (χ2v) is 16.1. The van der Waals surface area contributed by atoms with Gasteiger partial charge in [-0.25, -0.2) is 9.97 Å². The molecule has 0 radical (unpaired) electrons. The van der Waals surface area contributed by atoms with E-state index >= 15 is 0 Å². The lowest BCUT2D eigenvalue weighted by Gasteiger charge is -2.21. The average molecular weight is 657 g/mol. The third kappa shape index (κ3) is 5.15. The molecule has 0 unspecified atom stereocenters. The number of imidazole rings is 1. The van der Waals surface area contributed by atoms with E-state index in [2.05, 4.69) is 145 Å². The molecular formula is C45H44N4O. The Balaban J connectivity index is 1.40. The minimum atomic E-state index is -0.0640. The third-order valence-corrected chi connectivity index (χ3v) is 10.2. The molecule has 0 atom stereocenters. The number of fused-ring (bicyclic) bond motifs is 5. The zero-order valence-electron chi connectivity index (χ0n) is 30.4. The van der Waals surface area contributed by atoms with Crippen molar-refractivity contribution < 1.29 is 5.11 Å². The van der Waals surface area contributed by atoms with Crippen LogP contribution in [-0.4, -0.2) is 24.6 Å². The third-order valence-electron chi connectivity index (χ3n) is 10.2. The molecule has 5 nitrogen and oxygen atoms in total. The van der Waals surface area contributed by atoms with Crippen molar-refractivity contribution in [3.05, 3.63) is 113 Å². The minimum Gasteiger partial charge on any atom is -0.506 e. The number of nitrogens with one attached hydrogen (secondary N) is 1. The summed E-state index contributed by atoms with van der Waals surface area (Å²) in [6.45, 7) is 17.9. The second-order valence-electron chi connectivity index (χ2n) is 16.1. The van der Waals surface area contributed by atoms with Crippen LogP contribution in [0.1, 0.15) is 63.8 Å². The molecule has 0 bridgehead atoms. The summed E-state index contributed by atoms with van der Waals surface area (Å²) < 4.78 is 2.20. The van der Waals surface area contributed by atoms with Crippen molar-refractivity contribution in [1.29, 1.82) is 0 Å². The van der Waals surface area contributed by atoms with E-state index in [-0.39, 0.29) is 16.6 Å². The van der Waals surface area contributed by atoms with Crippen LogP contribution in [0.2, 0.25) is 0 Å². The molecule has 0 spiro atoms. The lowest BCUT2D eigenvalue weighted by Crippen LogP contribution is -2.11. The van der Waals surface area contributed by atoms with Crippen molar-refractivity contribution in [2.24, 2.45) is 7.05 Å². The number of aromatic amines is 1. The van der Waals surface area contributed by atoms with Crippen LogP contribution < -0.4 is 0 Å². The van der Waals surface area contributed by atoms with Gasteiger partial charge in [0.05, 0.1) is 22.2 Å². The summed E-state index contributed by atoms with van der Waals surface area (Å²) in [6, 6.07) is 32.2. The minimum absolute atomic E-state index is 0.0433.